The lowest BCUT2D eigenvalue weighted by molar-refractivity contribution is 0.314. The molecule has 0 atom stereocenters. The average molecular weight is 499 g/mol. The molecule has 136 valence electrons. The van der Waals surface area contributed by atoms with Crippen molar-refractivity contribution in [3.8, 4) is 0 Å². The van der Waals surface area contributed by atoms with E-state index >= 15 is 0 Å². The molecule has 0 spiro atoms. The van der Waals surface area contributed by atoms with Gasteiger partial charge in [0, 0.05) is 28.0 Å². The first kappa shape index (κ1) is 18.2. The maximum atomic E-state index is 13.0. The smallest absolute Gasteiger partial charge is 0.244 e. The fraction of sp³-hybridized carbons (Fsp3) is 0.278. The Morgan fingerprint density at radius 2 is 1.81 bits per heavy atom. The zero-order chi connectivity index (χ0) is 18.3. The van der Waals surface area contributed by atoms with E-state index in [-0.39, 0.29) is 5.92 Å². The molecular weight excluding hydrogens is 482 g/mol. The standard InChI is InChI=1S/C18H17Br2N3O2S/c19-13-5-6-14(20)17(11-13)26(24,25)23-9-7-12(8-10-23)18-21-15-3-1-2-4-16(15)22-18/h1-6,11-12H,7-10H2,(H,21,22). The van der Waals surface area contributed by atoms with Gasteiger partial charge in [0.1, 0.15) is 5.82 Å². The molecule has 26 heavy (non-hydrogen) atoms. The summed E-state index contributed by atoms with van der Waals surface area (Å²) in [7, 11) is -3.52. The third kappa shape index (κ3) is 3.35. The van der Waals surface area contributed by atoms with Crippen molar-refractivity contribution < 1.29 is 8.42 Å². The van der Waals surface area contributed by atoms with Crippen molar-refractivity contribution in [2.45, 2.75) is 23.7 Å². The normalized spacial score (nSPS) is 17.0. The predicted octanol–water partition coefficient (Wildman–Crippen LogP) is 4.66. The number of hydrogen-bond acceptors (Lipinski definition) is 3. The van der Waals surface area contributed by atoms with Gasteiger partial charge in [-0.2, -0.15) is 4.31 Å². The number of nitrogens with zero attached hydrogens (tertiary/aromatic N) is 2. The number of aromatic amines is 1. The van der Waals surface area contributed by atoms with Gasteiger partial charge in [-0.05, 0) is 59.1 Å². The van der Waals surface area contributed by atoms with E-state index in [1.807, 2.05) is 30.3 Å². The maximum Gasteiger partial charge on any atom is 0.244 e. The summed E-state index contributed by atoms with van der Waals surface area (Å²) in [5.41, 5.74) is 1.98. The fourth-order valence-corrected chi connectivity index (χ4v) is 6.28. The monoisotopic (exact) mass is 497 g/mol. The maximum absolute atomic E-state index is 13.0. The quantitative estimate of drug-likeness (QED) is 0.571. The molecule has 2 heterocycles. The summed E-state index contributed by atoms with van der Waals surface area (Å²) < 4.78 is 28.9. The van der Waals surface area contributed by atoms with Crippen LogP contribution in [0.1, 0.15) is 24.6 Å². The lowest BCUT2D eigenvalue weighted by Gasteiger charge is -2.30. The highest BCUT2D eigenvalue weighted by Gasteiger charge is 2.32. The summed E-state index contributed by atoms with van der Waals surface area (Å²) >= 11 is 6.71. The van der Waals surface area contributed by atoms with Gasteiger partial charge in [-0.1, -0.05) is 28.1 Å². The molecule has 1 saturated heterocycles. The third-order valence-corrected chi connectivity index (χ3v) is 8.15. The van der Waals surface area contributed by atoms with Crippen LogP contribution in [0.15, 0.2) is 56.3 Å². The average Bonchev–Trinajstić information content (AvgIpc) is 3.08. The van der Waals surface area contributed by atoms with Crippen LogP contribution >= 0.6 is 31.9 Å². The van der Waals surface area contributed by atoms with Crippen LogP contribution in [-0.2, 0) is 10.0 Å². The van der Waals surface area contributed by atoms with Gasteiger partial charge in [-0.25, -0.2) is 13.4 Å². The molecule has 0 saturated carbocycles. The zero-order valence-electron chi connectivity index (χ0n) is 13.8. The number of hydrogen-bond donors (Lipinski definition) is 1. The van der Waals surface area contributed by atoms with Crippen LogP contribution in [0.25, 0.3) is 11.0 Å². The highest BCUT2D eigenvalue weighted by molar-refractivity contribution is 9.11. The van der Waals surface area contributed by atoms with Crippen LogP contribution in [0.2, 0.25) is 0 Å². The van der Waals surface area contributed by atoms with E-state index in [0.717, 1.165) is 34.2 Å². The van der Waals surface area contributed by atoms with Gasteiger partial charge in [-0.15, -0.1) is 0 Å². The molecule has 4 rings (SSSR count). The Morgan fingerprint density at radius 1 is 1.08 bits per heavy atom. The molecule has 0 aliphatic carbocycles. The van der Waals surface area contributed by atoms with Gasteiger partial charge < -0.3 is 4.98 Å². The van der Waals surface area contributed by atoms with E-state index in [1.54, 1.807) is 16.4 Å². The number of rotatable bonds is 3. The van der Waals surface area contributed by atoms with Crippen LogP contribution in [0.4, 0.5) is 0 Å². The van der Waals surface area contributed by atoms with Gasteiger partial charge in [0.15, 0.2) is 0 Å². The molecule has 1 aliphatic heterocycles. The first-order valence-electron chi connectivity index (χ1n) is 8.35. The number of benzene rings is 2. The topological polar surface area (TPSA) is 66.1 Å². The summed E-state index contributed by atoms with van der Waals surface area (Å²) in [6.07, 6.45) is 1.51. The molecule has 3 aromatic rings. The lowest BCUT2D eigenvalue weighted by atomic mass is 9.97. The van der Waals surface area contributed by atoms with Crippen molar-refractivity contribution >= 4 is 52.9 Å². The number of sulfonamides is 1. The molecule has 0 amide bonds. The van der Waals surface area contributed by atoms with Gasteiger partial charge >= 0.3 is 0 Å². The number of halogens is 2. The van der Waals surface area contributed by atoms with Gasteiger partial charge in [0.2, 0.25) is 10.0 Å². The Labute approximate surface area is 169 Å². The highest BCUT2D eigenvalue weighted by atomic mass is 79.9. The summed E-state index contributed by atoms with van der Waals surface area (Å²) in [6, 6.07) is 13.2. The minimum Gasteiger partial charge on any atom is -0.342 e. The van der Waals surface area contributed by atoms with Crippen molar-refractivity contribution in [1.82, 2.24) is 14.3 Å². The van der Waals surface area contributed by atoms with E-state index in [9.17, 15) is 8.42 Å². The molecule has 2 aromatic carbocycles. The van der Waals surface area contributed by atoms with Crippen LogP contribution in [-0.4, -0.2) is 35.8 Å². The number of nitrogens with one attached hydrogen (secondary N) is 1. The minimum absolute atomic E-state index is 0.250. The van der Waals surface area contributed by atoms with Crippen molar-refractivity contribution in [1.29, 1.82) is 0 Å². The van der Waals surface area contributed by atoms with Crippen LogP contribution in [0.3, 0.4) is 0 Å². The Bertz CT molecular complexity index is 1020. The molecule has 1 N–H and O–H groups in total. The third-order valence-electron chi connectivity index (χ3n) is 4.76. The molecular formula is C18H17Br2N3O2S. The second-order valence-electron chi connectivity index (χ2n) is 6.39. The number of imidazole rings is 1. The van der Waals surface area contributed by atoms with Crippen LogP contribution in [0.5, 0.6) is 0 Å². The number of para-hydroxylation sites is 2. The Morgan fingerprint density at radius 3 is 2.54 bits per heavy atom. The number of fused-ring (bicyclic) bond motifs is 1. The number of piperidine rings is 1. The minimum atomic E-state index is -3.52. The summed E-state index contributed by atoms with van der Waals surface area (Å²) in [6.45, 7) is 0.978. The van der Waals surface area contributed by atoms with Crippen molar-refractivity contribution in [3.63, 3.8) is 0 Å². The summed E-state index contributed by atoms with van der Waals surface area (Å²) in [4.78, 5) is 8.34. The number of H-pyrrole nitrogens is 1. The Hall–Kier alpha value is -1.22. The van der Waals surface area contributed by atoms with Gasteiger partial charge in [-0.3, -0.25) is 0 Å². The first-order valence-corrected chi connectivity index (χ1v) is 11.4. The first-order chi connectivity index (χ1) is 12.4. The van der Waals surface area contributed by atoms with Crippen LogP contribution < -0.4 is 0 Å². The predicted molar refractivity (Wildman–Crippen MR) is 109 cm³/mol. The largest absolute Gasteiger partial charge is 0.342 e. The number of aromatic nitrogens is 2. The van der Waals surface area contributed by atoms with E-state index in [1.165, 1.54) is 0 Å². The van der Waals surface area contributed by atoms with Gasteiger partial charge in [0.25, 0.3) is 0 Å². The highest BCUT2D eigenvalue weighted by Crippen LogP contribution is 2.33. The van der Waals surface area contributed by atoms with Crippen molar-refractivity contribution in [2.75, 3.05) is 13.1 Å². The molecule has 5 nitrogen and oxygen atoms in total. The second kappa shape index (κ2) is 7.07. The molecule has 1 fully saturated rings. The van der Waals surface area contributed by atoms with E-state index in [4.69, 9.17) is 0 Å². The van der Waals surface area contributed by atoms with E-state index < -0.39 is 10.0 Å². The Balaban J connectivity index is 1.53. The van der Waals surface area contributed by atoms with Crippen LogP contribution in [0, 0.1) is 0 Å². The molecule has 8 heteroatoms. The fourth-order valence-electron chi connectivity index (χ4n) is 3.35. The molecule has 1 aromatic heterocycles. The second-order valence-corrected chi connectivity index (χ2v) is 10.1. The SMILES string of the molecule is O=S(=O)(c1cc(Br)ccc1Br)N1CCC(c2nc3ccccc3[nH]2)CC1. The zero-order valence-corrected chi connectivity index (χ0v) is 17.8. The molecule has 0 radical (unpaired) electrons. The van der Waals surface area contributed by atoms with E-state index in [2.05, 4.69) is 41.8 Å². The molecule has 1 aliphatic rings. The van der Waals surface area contributed by atoms with E-state index in [0.29, 0.717) is 22.5 Å². The Kier molecular flexibility index (Phi) is 4.94. The lowest BCUT2D eigenvalue weighted by Crippen LogP contribution is -2.38. The van der Waals surface area contributed by atoms with Crippen molar-refractivity contribution in [3.05, 3.63) is 57.2 Å². The van der Waals surface area contributed by atoms with Gasteiger partial charge in [0.05, 0.1) is 15.9 Å². The summed E-state index contributed by atoms with van der Waals surface area (Å²) in [5, 5.41) is 0. The molecule has 0 unspecified atom stereocenters. The summed E-state index contributed by atoms with van der Waals surface area (Å²) in [5.74, 6) is 1.20. The van der Waals surface area contributed by atoms with Crippen molar-refractivity contribution in [2.24, 2.45) is 0 Å². The molecule has 0 bridgehead atoms.